The highest BCUT2D eigenvalue weighted by molar-refractivity contribution is 7.89. The van der Waals surface area contributed by atoms with Crippen LogP contribution < -0.4 is 10.2 Å². The van der Waals surface area contributed by atoms with Crippen molar-refractivity contribution in [3.8, 4) is 0 Å². The van der Waals surface area contributed by atoms with E-state index in [9.17, 15) is 13.2 Å². The van der Waals surface area contributed by atoms with Gasteiger partial charge in [-0.05, 0) is 50.8 Å². The van der Waals surface area contributed by atoms with Gasteiger partial charge >= 0.3 is 0 Å². The van der Waals surface area contributed by atoms with E-state index in [1.807, 2.05) is 13.0 Å². The molecule has 1 amide bonds. The van der Waals surface area contributed by atoms with Gasteiger partial charge in [-0.3, -0.25) is 9.48 Å². The predicted octanol–water partition coefficient (Wildman–Crippen LogP) is 1.94. The van der Waals surface area contributed by atoms with Gasteiger partial charge in [-0.15, -0.1) is 0 Å². The van der Waals surface area contributed by atoms with Gasteiger partial charge < -0.3 is 15.0 Å². The highest BCUT2D eigenvalue weighted by atomic mass is 32.2. The molecule has 2 aromatic rings. The summed E-state index contributed by atoms with van der Waals surface area (Å²) in [6.45, 7) is 9.41. The molecule has 3 heterocycles. The minimum Gasteiger partial charge on any atom is -0.376 e. The summed E-state index contributed by atoms with van der Waals surface area (Å²) < 4.78 is 35.5. The van der Waals surface area contributed by atoms with Crippen molar-refractivity contribution in [2.24, 2.45) is 0 Å². The molecule has 4 rings (SSSR count). The maximum atomic E-state index is 13.5. The first kappa shape index (κ1) is 23.7. The first-order valence-corrected chi connectivity index (χ1v) is 13.0. The van der Waals surface area contributed by atoms with Crippen molar-refractivity contribution in [3.05, 3.63) is 41.1 Å². The molecule has 33 heavy (non-hydrogen) atoms. The zero-order valence-electron chi connectivity index (χ0n) is 19.6. The number of aromatic nitrogens is 2. The SMILES string of the molecule is CCn1cc(C(=O)NC[C@H]2CCCO2)c(S(=O)(=O)N2CCN(c3cccc(C)c3C)CC2)n1. The number of anilines is 1. The molecule has 1 aromatic carbocycles. The minimum atomic E-state index is -3.91. The molecule has 2 aliphatic heterocycles. The van der Waals surface area contributed by atoms with Crippen molar-refractivity contribution in [3.63, 3.8) is 0 Å². The first-order valence-electron chi connectivity index (χ1n) is 11.6. The summed E-state index contributed by atoms with van der Waals surface area (Å²) in [6, 6.07) is 6.18. The van der Waals surface area contributed by atoms with E-state index in [0.717, 1.165) is 18.5 Å². The molecular weight excluding hydrogens is 442 g/mol. The normalized spacial score (nSPS) is 19.7. The quantitative estimate of drug-likeness (QED) is 0.657. The number of nitrogens with zero attached hydrogens (tertiary/aromatic N) is 4. The van der Waals surface area contributed by atoms with Crippen molar-refractivity contribution < 1.29 is 17.9 Å². The topological polar surface area (TPSA) is 96.8 Å². The van der Waals surface area contributed by atoms with E-state index in [-0.39, 0.29) is 16.7 Å². The van der Waals surface area contributed by atoms with Crippen molar-refractivity contribution >= 4 is 21.6 Å². The van der Waals surface area contributed by atoms with Gasteiger partial charge in [-0.25, -0.2) is 8.42 Å². The number of ether oxygens (including phenoxy) is 1. The van der Waals surface area contributed by atoms with Crippen LogP contribution in [0.4, 0.5) is 5.69 Å². The number of carbonyl (C=O) groups excluding carboxylic acids is 1. The van der Waals surface area contributed by atoms with Gasteiger partial charge in [-0.2, -0.15) is 9.40 Å². The number of piperazine rings is 1. The zero-order valence-corrected chi connectivity index (χ0v) is 20.4. The van der Waals surface area contributed by atoms with E-state index in [1.165, 1.54) is 26.3 Å². The Kier molecular flexibility index (Phi) is 7.06. The van der Waals surface area contributed by atoms with Gasteiger partial charge in [0.25, 0.3) is 15.9 Å². The van der Waals surface area contributed by atoms with Crippen molar-refractivity contribution in [1.29, 1.82) is 0 Å². The van der Waals surface area contributed by atoms with Gasteiger partial charge in [0.2, 0.25) is 5.03 Å². The van der Waals surface area contributed by atoms with Crippen LogP contribution in [0, 0.1) is 13.8 Å². The number of amides is 1. The molecule has 0 radical (unpaired) electrons. The van der Waals surface area contributed by atoms with Gasteiger partial charge in [0.05, 0.1) is 11.7 Å². The van der Waals surface area contributed by atoms with E-state index in [4.69, 9.17) is 4.74 Å². The number of nitrogens with one attached hydrogen (secondary N) is 1. The standard InChI is InChI=1S/C23H33N5O4S/c1-4-27-16-20(22(29)24-15-19-8-6-14-32-19)23(25-27)33(30,31)28-12-10-26(11-13-28)21-9-5-7-17(2)18(21)3/h5,7,9,16,19H,4,6,8,10-15H2,1-3H3,(H,24,29)/t19-/m1/s1. The smallest absolute Gasteiger partial charge is 0.263 e. The average molecular weight is 476 g/mol. The first-order chi connectivity index (χ1) is 15.8. The van der Waals surface area contributed by atoms with Crippen molar-refractivity contribution in [2.45, 2.75) is 51.3 Å². The maximum absolute atomic E-state index is 13.5. The third-order valence-electron chi connectivity index (χ3n) is 6.55. The van der Waals surface area contributed by atoms with E-state index in [0.29, 0.717) is 45.9 Å². The fourth-order valence-electron chi connectivity index (χ4n) is 4.39. The Labute approximate surface area is 195 Å². The Morgan fingerprint density at radius 1 is 1.21 bits per heavy atom. The largest absolute Gasteiger partial charge is 0.376 e. The molecule has 1 atom stereocenters. The third-order valence-corrected chi connectivity index (χ3v) is 8.39. The summed E-state index contributed by atoms with van der Waals surface area (Å²) in [5, 5.41) is 6.91. The molecular formula is C23H33N5O4S. The van der Waals surface area contributed by atoms with E-state index in [1.54, 1.807) is 0 Å². The van der Waals surface area contributed by atoms with E-state index < -0.39 is 15.9 Å². The molecule has 1 aromatic heterocycles. The summed E-state index contributed by atoms with van der Waals surface area (Å²) >= 11 is 0. The molecule has 1 N–H and O–H groups in total. The Bertz CT molecular complexity index is 1100. The second-order valence-corrected chi connectivity index (χ2v) is 10.5. The second-order valence-electron chi connectivity index (χ2n) is 8.66. The van der Waals surface area contributed by atoms with E-state index in [2.05, 4.69) is 41.3 Å². The number of aryl methyl sites for hydroxylation is 2. The summed E-state index contributed by atoms with van der Waals surface area (Å²) in [5.74, 6) is -0.433. The summed E-state index contributed by atoms with van der Waals surface area (Å²) in [7, 11) is -3.91. The van der Waals surface area contributed by atoms with Crippen LogP contribution in [0.5, 0.6) is 0 Å². The van der Waals surface area contributed by atoms with Gasteiger partial charge in [0.15, 0.2) is 0 Å². The maximum Gasteiger partial charge on any atom is 0.263 e. The lowest BCUT2D eigenvalue weighted by atomic mass is 10.1. The lowest BCUT2D eigenvalue weighted by molar-refractivity contribution is 0.0855. The van der Waals surface area contributed by atoms with Crippen LogP contribution in [0.15, 0.2) is 29.4 Å². The number of hydrogen-bond acceptors (Lipinski definition) is 6. The minimum absolute atomic E-state index is 0.0200. The Morgan fingerprint density at radius 2 is 1.97 bits per heavy atom. The molecule has 0 spiro atoms. The Hall–Kier alpha value is -2.43. The fourth-order valence-corrected chi connectivity index (χ4v) is 5.91. The summed E-state index contributed by atoms with van der Waals surface area (Å²) in [6.07, 6.45) is 3.37. The number of carbonyl (C=O) groups is 1. The monoisotopic (exact) mass is 475 g/mol. The molecule has 0 unspecified atom stereocenters. The highest BCUT2D eigenvalue weighted by Gasteiger charge is 2.35. The summed E-state index contributed by atoms with van der Waals surface area (Å²) in [4.78, 5) is 15.1. The Balaban J connectivity index is 1.49. The molecule has 9 nitrogen and oxygen atoms in total. The lowest BCUT2D eigenvalue weighted by Gasteiger charge is -2.36. The van der Waals surface area contributed by atoms with Gasteiger partial charge in [0, 0.05) is 57.8 Å². The lowest BCUT2D eigenvalue weighted by Crippen LogP contribution is -2.49. The van der Waals surface area contributed by atoms with Crippen molar-refractivity contribution in [1.82, 2.24) is 19.4 Å². The van der Waals surface area contributed by atoms with Gasteiger partial charge in [0.1, 0.15) is 0 Å². The number of sulfonamides is 1. The second kappa shape index (κ2) is 9.82. The average Bonchev–Trinajstić information content (AvgIpc) is 3.50. The molecule has 0 bridgehead atoms. The van der Waals surface area contributed by atoms with Crippen LogP contribution in [-0.4, -0.2) is 73.8 Å². The number of rotatable bonds is 7. The predicted molar refractivity (Wildman–Crippen MR) is 126 cm³/mol. The number of hydrogen-bond donors (Lipinski definition) is 1. The molecule has 10 heteroatoms. The molecule has 2 fully saturated rings. The van der Waals surface area contributed by atoms with Gasteiger partial charge in [-0.1, -0.05) is 12.1 Å². The molecule has 2 saturated heterocycles. The fraction of sp³-hybridized carbons (Fsp3) is 0.565. The van der Waals surface area contributed by atoms with Crippen LogP contribution in [0.1, 0.15) is 41.3 Å². The van der Waals surface area contributed by atoms with Crippen LogP contribution in [0.3, 0.4) is 0 Å². The molecule has 180 valence electrons. The highest BCUT2D eigenvalue weighted by Crippen LogP contribution is 2.26. The van der Waals surface area contributed by atoms with Crippen molar-refractivity contribution in [2.75, 3.05) is 44.2 Å². The summed E-state index contributed by atoms with van der Waals surface area (Å²) in [5.41, 5.74) is 3.65. The number of benzene rings is 1. The Morgan fingerprint density at radius 3 is 2.64 bits per heavy atom. The van der Waals surface area contributed by atoms with Crippen LogP contribution >= 0.6 is 0 Å². The molecule has 0 aliphatic carbocycles. The zero-order chi connectivity index (χ0) is 23.6. The van der Waals surface area contributed by atoms with E-state index >= 15 is 0 Å². The molecule has 2 aliphatic rings. The van der Waals surface area contributed by atoms with Crippen LogP contribution in [0.2, 0.25) is 0 Å². The van der Waals surface area contributed by atoms with Crippen LogP contribution in [0.25, 0.3) is 0 Å². The molecule has 0 saturated carbocycles. The van der Waals surface area contributed by atoms with Crippen LogP contribution in [-0.2, 0) is 21.3 Å². The third kappa shape index (κ3) is 4.92.